The molecule has 3 rings (SSSR count). The molecule has 1 fully saturated rings. The Kier molecular flexibility index (Phi) is 5.53. The standard InChI is InChI=1S/C21H29N3O3/c1-4-5-6-7-8-11-24-19(26)21(18(25)22-20(24)27)13-16-12-15(2)9-10-17(16)23(3)14-21/h9-10,12H,4-8,11,13-14H2,1-3H3,(H,22,25,27)/t21-/m1/s1. The molecule has 0 aromatic heterocycles. The second-order valence-corrected chi connectivity index (χ2v) is 7.88. The molecule has 1 saturated heterocycles. The molecular formula is C21H29N3O3. The van der Waals surface area contributed by atoms with E-state index in [4.69, 9.17) is 0 Å². The Hall–Kier alpha value is -2.37. The first kappa shape index (κ1) is 19.4. The first-order chi connectivity index (χ1) is 12.9. The number of urea groups is 1. The predicted octanol–water partition coefficient (Wildman–Crippen LogP) is 3.02. The first-order valence-electron chi connectivity index (χ1n) is 9.87. The van der Waals surface area contributed by atoms with E-state index in [1.54, 1.807) is 0 Å². The zero-order valence-electron chi connectivity index (χ0n) is 16.5. The number of imide groups is 2. The number of rotatable bonds is 6. The third-order valence-electron chi connectivity index (χ3n) is 5.69. The van der Waals surface area contributed by atoms with Gasteiger partial charge >= 0.3 is 6.03 Å². The lowest BCUT2D eigenvalue weighted by atomic mass is 9.74. The van der Waals surface area contributed by atoms with Crippen molar-refractivity contribution in [3.63, 3.8) is 0 Å². The molecule has 1 atom stereocenters. The summed E-state index contributed by atoms with van der Waals surface area (Å²) in [6.07, 6.45) is 5.48. The summed E-state index contributed by atoms with van der Waals surface area (Å²) in [6.45, 7) is 4.80. The van der Waals surface area contributed by atoms with Crippen LogP contribution in [0.25, 0.3) is 0 Å². The molecule has 0 bridgehead atoms. The molecule has 2 aliphatic rings. The molecule has 6 nitrogen and oxygen atoms in total. The van der Waals surface area contributed by atoms with Gasteiger partial charge in [-0.3, -0.25) is 19.8 Å². The van der Waals surface area contributed by atoms with Crippen molar-refractivity contribution in [1.29, 1.82) is 0 Å². The van der Waals surface area contributed by atoms with E-state index in [2.05, 4.69) is 12.2 Å². The number of nitrogens with one attached hydrogen (secondary N) is 1. The molecular weight excluding hydrogens is 342 g/mol. The molecule has 1 aromatic carbocycles. The monoisotopic (exact) mass is 371 g/mol. The molecule has 0 unspecified atom stereocenters. The number of unbranched alkanes of at least 4 members (excludes halogenated alkanes) is 4. The van der Waals surface area contributed by atoms with E-state index in [9.17, 15) is 14.4 Å². The number of fused-ring (bicyclic) bond motifs is 1. The van der Waals surface area contributed by atoms with E-state index in [1.807, 2.05) is 37.1 Å². The number of carbonyl (C=O) groups excluding carboxylic acids is 3. The van der Waals surface area contributed by atoms with Crippen LogP contribution in [0.1, 0.15) is 50.2 Å². The summed E-state index contributed by atoms with van der Waals surface area (Å²) < 4.78 is 0. The summed E-state index contributed by atoms with van der Waals surface area (Å²) in [6, 6.07) is 5.50. The number of nitrogens with zero attached hydrogens (tertiary/aromatic N) is 2. The number of barbiturate groups is 1. The van der Waals surface area contributed by atoms with Crippen LogP contribution in [-0.4, -0.2) is 42.9 Å². The van der Waals surface area contributed by atoms with Crippen LogP contribution in [0.2, 0.25) is 0 Å². The summed E-state index contributed by atoms with van der Waals surface area (Å²) in [7, 11) is 1.89. The van der Waals surface area contributed by atoms with Crippen LogP contribution in [-0.2, 0) is 16.0 Å². The van der Waals surface area contributed by atoms with Gasteiger partial charge in [-0.25, -0.2) is 4.79 Å². The van der Waals surface area contributed by atoms with E-state index in [1.165, 1.54) is 4.90 Å². The van der Waals surface area contributed by atoms with Gasteiger partial charge in [-0.15, -0.1) is 0 Å². The number of benzene rings is 1. The Bertz CT molecular complexity index is 761. The van der Waals surface area contributed by atoms with E-state index < -0.39 is 17.4 Å². The van der Waals surface area contributed by atoms with Gasteiger partial charge in [-0.1, -0.05) is 50.3 Å². The Balaban J connectivity index is 1.82. The SMILES string of the molecule is CCCCCCCN1C(=O)NC(=O)[C@]2(Cc3cc(C)ccc3N(C)C2)C1=O. The molecule has 0 aliphatic carbocycles. The maximum Gasteiger partial charge on any atom is 0.330 e. The number of hydrogen-bond acceptors (Lipinski definition) is 4. The van der Waals surface area contributed by atoms with Crippen molar-refractivity contribution in [2.45, 2.75) is 52.4 Å². The van der Waals surface area contributed by atoms with Crippen LogP contribution in [0.3, 0.4) is 0 Å². The van der Waals surface area contributed by atoms with Crippen molar-refractivity contribution in [3.05, 3.63) is 29.3 Å². The van der Waals surface area contributed by atoms with Crippen LogP contribution in [0, 0.1) is 12.3 Å². The van der Waals surface area contributed by atoms with Crippen LogP contribution < -0.4 is 10.2 Å². The summed E-state index contributed by atoms with van der Waals surface area (Å²) in [5, 5.41) is 2.44. The van der Waals surface area contributed by atoms with Crippen molar-refractivity contribution in [2.24, 2.45) is 5.41 Å². The second-order valence-electron chi connectivity index (χ2n) is 7.88. The molecule has 2 aliphatic heterocycles. The molecule has 146 valence electrons. The van der Waals surface area contributed by atoms with E-state index >= 15 is 0 Å². The number of aryl methyl sites for hydroxylation is 1. The predicted molar refractivity (Wildman–Crippen MR) is 105 cm³/mol. The van der Waals surface area contributed by atoms with Crippen LogP contribution in [0.4, 0.5) is 10.5 Å². The van der Waals surface area contributed by atoms with Gasteiger partial charge in [0.25, 0.3) is 0 Å². The van der Waals surface area contributed by atoms with Crippen LogP contribution in [0.5, 0.6) is 0 Å². The van der Waals surface area contributed by atoms with Crippen LogP contribution >= 0.6 is 0 Å². The topological polar surface area (TPSA) is 69.7 Å². The molecule has 2 heterocycles. The lowest BCUT2D eigenvalue weighted by Crippen LogP contribution is -2.68. The Morgan fingerprint density at radius 2 is 1.85 bits per heavy atom. The fourth-order valence-corrected chi connectivity index (χ4v) is 4.20. The lowest BCUT2D eigenvalue weighted by Gasteiger charge is -2.45. The summed E-state index contributed by atoms with van der Waals surface area (Å²) in [4.78, 5) is 41.6. The van der Waals surface area contributed by atoms with Crippen LogP contribution in [0.15, 0.2) is 18.2 Å². The smallest absolute Gasteiger partial charge is 0.330 e. The number of amides is 4. The molecule has 4 amide bonds. The van der Waals surface area contributed by atoms with Gasteiger partial charge in [0.05, 0.1) is 0 Å². The van der Waals surface area contributed by atoms with Gasteiger partial charge in [0.1, 0.15) is 5.41 Å². The maximum absolute atomic E-state index is 13.3. The number of anilines is 1. The minimum absolute atomic E-state index is 0.285. The van der Waals surface area contributed by atoms with E-state index in [0.717, 1.165) is 48.9 Å². The Morgan fingerprint density at radius 3 is 2.59 bits per heavy atom. The molecule has 1 spiro atoms. The molecule has 1 aromatic rings. The minimum Gasteiger partial charge on any atom is -0.373 e. The Labute approximate surface area is 160 Å². The highest BCUT2D eigenvalue weighted by Gasteiger charge is 2.56. The highest BCUT2D eigenvalue weighted by molar-refractivity contribution is 6.20. The van der Waals surface area contributed by atoms with Crippen molar-refractivity contribution in [3.8, 4) is 0 Å². The zero-order chi connectivity index (χ0) is 19.6. The quantitative estimate of drug-likeness (QED) is 0.616. The van der Waals surface area contributed by atoms with Gasteiger partial charge in [0, 0.05) is 25.8 Å². The molecule has 1 N–H and O–H groups in total. The van der Waals surface area contributed by atoms with Gasteiger partial charge < -0.3 is 4.90 Å². The summed E-state index contributed by atoms with van der Waals surface area (Å²) >= 11 is 0. The maximum atomic E-state index is 13.3. The highest BCUT2D eigenvalue weighted by Crippen LogP contribution is 2.39. The average Bonchev–Trinajstić information content (AvgIpc) is 2.62. The number of carbonyl (C=O) groups is 3. The molecule has 6 heteroatoms. The second kappa shape index (κ2) is 7.71. The first-order valence-corrected chi connectivity index (χ1v) is 9.87. The molecule has 0 radical (unpaired) electrons. The summed E-state index contributed by atoms with van der Waals surface area (Å²) in [5.41, 5.74) is 1.87. The normalized spacial score (nSPS) is 22.3. The van der Waals surface area contributed by atoms with E-state index in [0.29, 0.717) is 13.0 Å². The fraction of sp³-hybridized carbons (Fsp3) is 0.571. The highest BCUT2D eigenvalue weighted by atomic mass is 16.2. The van der Waals surface area contributed by atoms with Gasteiger partial charge in [-0.2, -0.15) is 0 Å². The molecule has 27 heavy (non-hydrogen) atoms. The molecule has 0 saturated carbocycles. The third-order valence-corrected chi connectivity index (χ3v) is 5.69. The van der Waals surface area contributed by atoms with Gasteiger partial charge in [0.15, 0.2) is 0 Å². The van der Waals surface area contributed by atoms with Gasteiger partial charge in [-0.05, 0) is 31.4 Å². The van der Waals surface area contributed by atoms with Crippen molar-refractivity contribution in [2.75, 3.05) is 25.0 Å². The van der Waals surface area contributed by atoms with Crippen molar-refractivity contribution < 1.29 is 14.4 Å². The van der Waals surface area contributed by atoms with Gasteiger partial charge in [0.2, 0.25) is 11.8 Å². The van der Waals surface area contributed by atoms with Crippen molar-refractivity contribution >= 4 is 23.5 Å². The fourth-order valence-electron chi connectivity index (χ4n) is 4.20. The lowest BCUT2D eigenvalue weighted by molar-refractivity contribution is -0.151. The number of hydrogen-bond donors (Lipinski definition) is 1. The average molecular weight is 371 g/mol. The largest absolute Gasteiger partial charge is 0.373 e. The third kappa shape index (κ3) is 3.57. The van der Waals surface area contributed by atoms with Crippen molar-refractivity contribution in [1.82, 2.24) is 10.2 Å². The zero-order valence-corrected chi connectivity index (χ0v) is 16.5. The van der Waals surface area contributed by atoms with E-state index in [-0.39, 0.29) is 12.5 Å². The Morgan fingerprint density at radius 1 is 1.11 bits per heavy atom. The summed E-state index contributed by atoms with van der Waals surface area (Å²) in [5.74, 6) is -0.829. The minimum atomic E-state index is -1.23.